The number of aryl methyl sites for hydroxylation is 1. The average molecular weight is 485 g/mol. The zero-order valence-corrected chi connectivity index (χ0v) is 19.6. The maximum absolute atomic E-state index is 12.6. The Morgan fingerprint density at radius 1 is 1.15 bits per heavy atom. The van der Waals surface area contributed by atoms with Gasteiger partial charge < -0.3 is 19.0 Å². The van der Waals surface area contributed by atoms with Crippen LogP contribution < -0.4 is 5.32 Å². The number of nitrogens with zero attached hydrogens (tertiary/aromatic N) is 1. The van der Waals surface area contributed by atoms with Crippen molar-refractivity contribution in [2.45, 2.75) is 20.4 Å². The van der Waals surface area contributed by atoms with Gasteiger partial charge in [0.15, 0.2) is 6.61 Å². The number of aromatic nitrogens is 1. The number of fused-ring (bicyclic) bond motifs is 1. The molecule has 1 N–H and O–H groups in total. The van der Waals surface area contributed by atoms with Gasteiger partial charge in [-0.1, -0.05) is 29.8 Å². The Morgan fingerprint density at radius 2 is 1.94 bits per heavy atom. The summed E-state index contributed by atoms with van der Waals surface area (Å²) in [6.07, 6.45) is 1.60. The molecule has 0 unspecified atom stereocenters. The molecule has 0 aliphatic rings. The molecule has 1 aromatic carbocycles. The molecule has 170 valence electrons. The van der Waals surface area contributed by atoms with Gasteiger partial charge in [0, 0.05) is 27.0 Å². The molecule has 0 atom stereocenters. The monoisotopic (exact) mass is 484 g/mol. The third-order valence-corrected chi connectivity index (χ3v) is 6.94. The second-order valence-corrected chi connectivity index (χ2v) is 8.89. The van der Waals surface area contributed by atoms with Gasteiger partial charge in [-0.05, 0) is 38.1 Å². The molecule has 0 fully saturated rings. The molecule has 33 heavy (non-hydrogen) atoms. The van der Waals surface area contributed by atoms with E-state index in [2.05, 4.69) is 5.32 Å². The fraction of sp³-hybridized carbons (Fsp3) is 0.208. The smallest absolute Gasteiger partial charge is 0.325 e. The largest absolute Gasteiger partial charge is 0.467 e. The van der Waals surface area contributed by atoms with E-state index in [4.69, 9.17) is 20.8 Å². The van der Waals surface area contributed by atoms with Gasteiger partial charge in [-0.3, -0.25) is 14.4 Å². The maximum atomic E-state index is 12.6. The molecule has 0 bridgehead atoms. The molecule has 3 aromatic heterocycles. The quantitative estimate of drug-likeness (QED) is 0.287. The second kappa shape index (κ2) is 9.64. The second-order valence-electron chi connectivity index (χ2n) is 7.46. The fourth-order valence-corrected chi connectivity index (χ4v) is 4.99. The van der Waals surface area contributed by atoms with Crippen LogP contribution in [0.25, 0.3) is 10.1 Å². The number of furan rings is 1. The van der Waals surface area contributed by atoms with E-state index in [0.29, 0.717) is 22.0 Å². The summed E-state index contributed by atoms with van der Waals surface area (Å²) >= 11 is 7.54. The third-order valence-electron chi connectivity index (χ3n) is 5.27. The van der Waals surface area contributed by atoms with Crippen molar-refractivity contribution in [3.8, 4) is 0 Å². The number of carbonyl (C=O) groups is 3. The molecule has 4 aromatic rings. The Bertz CT molecular complexity index is 1340. The zero-order chi connectivity index (χ0) is 23.5. The molecule has 1 amide bonds. The first-order chi connectivity index (χ1) is 15.8. The average Bonchev–Trinajstić information content (AvgIpc) is 3.51. The lowest BCUT2D eigenvalue weighted by Crippen LogP contribution is -2.31. The van der Waals surface area contributed by atoms with Gasteiger partial charge in [-0.2, -0.15) is 0 Å². The Kier molecular flexibility index (Phi) is 6.67. The summed E-state index contributed by atoms with van der Waals surface area (Å²) in [4.78, 5) is 37.5. The van der Waals surface area contributed by atoms with Crippen LogP contribution >= 0.6 is 22.9 Å². The number of nitrogens with one attached hydrogen (secondary N) is 1. The molecule has 0 saturated carbocycles. The minimum absolute atomic E-state index is 0.318. The number of ketones is 1. The number of thiophene rings is 1. The van der Waals surface area contributed by atoms with Gasteiger partial charge in [-0.25, -0.2) is 0 Å². The molecule has 0 radical (unpaired) electrons. The number of hydrogen-bond donors (Lipinski definition) is 1. The SMILES string of the molecule is Cc1cc(C(=O)COC(=O)CNC(=O)c2sc3ccccc3c2Cl)c(C)n1Cc1ccco1. The van der Waals surface area contributed by atoms with Gasteiger partial charge in [0.05, 0.1) is 17.8 Å². The van der Waals surface area contributed by atoms with Crippen LogP contribution in [0.5, 0.6) is 0 Å². The van der Waals surface area contributed by atoms with Crippen molar-refractivity contribution in [3.63, 3.8) is 0 Å². The van der Waals surface area contributed by atoms with Crippen LogP contribution in [0.3, 0.4) is 0 Å². The van der Waals surface area contributed by atoms with Gasteiger partial charge >= 0.3 is 5.97 Å². The van der Waals surface area contributed by atoms with E-state index < -0.39 is 18.5 Å². The minimum Gasteiger partial charge on any atom is -0.467 e. The molecule has 3 heterocycles. The Balaban J connectivity index is 1.32. The summed E-state index contributed by atoms with van der Waals surface area (Å²) < 4.78 is 13.3. The first kappa shape index (κ1) is 22.8. The van der Waals surface area contributed by atoms with Crippen molar-refractivity contribution in [1.82, 2.24) is 9.88 Å². The third kappa shape index (κ3) is 4.86. The van der Waals surface area contributed by atoms with Crippen LogP contribution in [0, 0.1) is 13.8 Å². The summed E-state index contributed by atoms with van der Waals surface area (Å²) in [6, 6.07) is 12.8. The molecule has 0 aliphatic carbocycles. The summed E-state index contributed by atoms with van der Waals surface area (Å²) in [6.45, 7) is 3.45. The van der Waals surface area contributed by atoms with Crippen molar-refractivity contribution in [2.75, 3.05) is 13.2 Å². The highest BCUT2D eigenvalue weighted by atomic mass is 35.5. The molecule has 9 heteroatoms. The predicted octanol–water partition coefficient (Wildman–Crippen LogP) is 4.77. The van der Waals surface area contributed by atoms with Crippen LogP contribution in [-0.2, 0) is 16.1 Å². The van der Waals surface area contributed by atoms with E-state index in [1.807, 2.05) is 54.8 Å². The van der Waals surface area contributed by atoms with Gasteiger partial charge in [0.25, 0.3) is 5.91 Å². The lowest BCUT2D eigenvalue weighted by atomic mass is 10.1. The Labute approximate surface area is 198 Å². The highest BCUT2D eigenvalue weighted by Crippen LogP contribution is 2.34. The number of hydrogen-bond acceptors (Lipinski definition) is 6. The Morgan fingerprint density at radius 3 is 2.67 bits per heavy atom. The van der Waals surface area contributed by atoms with Gasteiger partial charge in [0.2, 0.25) is 5.78 Å². The van der Waals surface area contributed by atoms with Crippen LogP contribution in [0.15, 0.2) is 53.1 Å². The summed E-state index contributed by atoms with van der Waals surface area (Å²) in [5, 5.41) is 3.63. The lowest BCUT2D eigenvalue weighted by molar-refractivity contribution is -0.141. The van der Waals surface area contributed by atoms with E-state index in [9.17, 15) is 14.4 Å². The summed E-state index contributed by atoms with van der Waals surface area (Å²) in [5.74, 6) is -0.720. The number of ether oxygens (including phenoxy) is 1. The van der Waals surface area contributed by atoms with E-state index >= 15 is 0 Å². The molecule has 0 aliphatic heterocycles. The first-order valence-corrected chi connectivity index (χ1v) is 11.4. The van der Waals surface area contributed by atoms with Crippen molar-refractivity contribution in [2.24, 2.45) is 0 Å². The topological polar surface area (TPSA) is 90.5 Å². The minimum atomic E-state index is -0.710. The van der Waals surface area contributed by atoms with E-state index in [1.165, 1.54) is 11.3 Å². The molecule has 7 nitrogen and oxygen atoms in total. The molecule has 0 saturated heterocycles. The molecular weight excluding hydrogens is 464 g/mol. The number of carbonyl (C=O) groups excluding carboxylic acids is 3. The predicted molar refractivity (Wildman–Crippen MR) is 126 cm³/mol. The van der Waals surface area contributed by atoms with Crippen LogP contribution in [0.4, 0.5) is 0 Å². The maximum Gasteiger partial charge on any atom is 0.325 e. The number of amides is 1. The van der Waals surface area contributed by atoms with Crippen LogP contribution in [0.1, 0.15) is 37.2 Å². The first-order valence-electron chi connectivity index (χ1n) is 10.2. The van der Waals surface area contributed by atoms with Crippen molar-refractivity contribution < 1.29 is 23.5 Å². The fourth-order valence-electron chi connectivity index (χ4n) is 3.55. The highest BCUT2D eigenvalue weighted by molar-refractivity contribution is 7.21. The standard InChI is InChI=1S/C24H21ClN2O5S/c1-14-10-18(15(2)27(14)12-16-6-5-9-31-16)19(28)13-32-21(29)11-26-24(30)23-22(25)17-7-3-4-8-20(17)33-23/h3-10H,11-13H2,1-2H3,(H,26,30). The number of esters is 1. The molecule has 4 rings (SSSR count). The normalized spacial score (nSPS) is 11.0. The van der Waals surface area contributed by atoms with Crippen LogP contribution in [0.2, 0.25) is 5.02 Å². The van der Waals surface area contributed by atoms with Gasteiger partial charge in [-0.15, -0.1) is 11.3 Å². The van der Waals surface area contributed by atoms with Crippen molar-refractivity contribution >= 4 is 50.7 Å². The van der Waals surface area contributed by atoms with Crippen molar-refractivity contribution in [3.05, 3.63) is 81.3 Å². The van der Waals surface area contributed by atoms with Gasteiger partial charge in [0.1, 0.15) is 17.2 Å². The molecule has 0 spiro atoms. The summed E-state index contributed by atoms with van der Waals surface area (Å²) in [5.41, 5.74) is 2.14. The zero-order valence-electron chi connectivity index (χ0n) is 18.0. The van der Waals surface area contributed by atoms with Crippen molar-refractivity contribution in [1.29, 1.82) is 0 Å². The highest BCUT2D eigenvalue weighted by Gasteiger charge is 2.20. The number of Topliss-reactive ketones (excluding diaryl/α,β-unsaturated/α-hetero) is 1. The van der Waals surface area contributed by atoms with E-state index in [-0.39, 0.29) is 12.3 Å². The van der Waals surface area contributed by atoms with E-state index in [1.54, 1.807) is 12.3 Å². The van der Waals surface area contributed by atoms with Crippen LogP contribution in [-0.4, -0.2) is 35.4 Å². The van der Waals surface area contributed by atoms with E-state index in [0.717, 1.165) is 27.2 Å². The number of rotatable bonds is 8. The summed E-state index contributed by atoms with van der Waals surface area (Å²) in [7, 11) is 0. The molecular formula is C24H21ClN2O5S. The lowest BCUT2D eigenvalue weighted by Gasteiger charge is -2.08. The number of benzene rings is 1. The number of halogens is 1. The Hall–Kier alpha value is -3.36.